The van der Waals surface area contributed by atoms with Crippen molar-refractivity contribution in [1.82, 2.24) is 25.1 Å². The smallest absolute Gasteiger partial charge is 0.412 e. The minimum Gasteiger partial charge on any atom is -0.443 e. The first-order valence-electron chi connectivity index (χ1n) is 13.5. The number of hydrogen-bond donors (Lipinski definition) is 2. The summed E-state index contributed by atoms with van der Waals surface area (Å²) >= 11 is 0. The van der Waals surface area contributed by atoms with E-state index in [1.807, 2.05) is 0 Å². The van der Waals surface area contributed by atoms with E-state index >= 15 is 0 Å². The summed E-state index contributed by atoms with van der Waals surface area (Å²) in [7, 11) is 0. The summed E-state index contributed by atoms with van der Waals surface area (Å²) in [5.74, 6) is -2.01. The summed E-state index contributed by atoms with van der Waals surface area (Å²) in [4.78, 5) is 56.6. The van der Waals surface area contributed by atoms with Gasteiger partial charge in [0.25, 0.3) is 11.4 Å². The van der Waals surface area contributed by atoms with Gasteiger partial charge in [0.1, 0.15) is 36.2 Å². The molecule has 0 aliphatic carbocycles. The summed E-state index contributed by atoms with van der Waals surface area (Å²) in [6.45, 7) is 6.38. The van der Waals surface area contributed by atoms with E-state index < -0.39 is 41.3 Å². The van der Waals surface area contributed by atoms with Crippen molar-refractivity contribution in [2.75, 3.05) is 5.32 Å². The van der Waals surface area contributed by atoms with E-state index in [2.05, 4.69) is 25.8 Å². The third kappa shape index (κ3) is 5.92. The van der Waals surface area contributed by atoms with Crippen molar-refractivity contribution >= 4 is 23.5 Å². The number of amides is 2. The van der Waals surface area contributed by atoms with E-state index in [9.17, 15) is 23.6 Å². The molecule has 222 valence electrons. The average molecular weight is 589 g/mol. The predicted octanol–water partition coefficient (Wildman–Crippen LogP) is 3.84. The molecule has 2 amide bonds. The third-order valence-corrected chi connectivity index (χ3v) is 7.15. The van der Waals surface area contributed by atoms with Gasteiger partial charge < -0.3 is 14.5 Å². The number of anilines is 1. The molecule has 5 rings (SSSR count). The van der Waals surface area contributed by atoms with Crippen LogP contribution in [0.4, 0.5) is 14.9 Å². The Morgan fingerprint density at radius 2 is 1.77 bits per heavy atom. The topological polar surface area (TPSA) is 158 Å². The number of nitrogens with one attached hydrogen (secondary N) is 2. The number of ether oxygens (including phenoxy) is 1. The standard InChI is InChI=1S/C30H29FN6O6/c1-16(2)22(24(39)26-35-36-28(43-26)30(3,4)18-10-12-19(31)13-11-18)33-21(38)14-37-25(17-8-6-5-7-9-17)32-20-15-42-29(41)34-23(20)27(37)40/h5-13,16,22H,14-15H2,1-4H3,(H,33,38)(H,34,41). The number of fused-ring (bicyclic) bond motifs is 1. The number of rotatable bonds is 9. The molecule has 1 aliphatic heterocycles. The SMILES string of the molecule is CC(C)C(NC(=O)Cn1c(-c2ccccc2)nc2c(c1=O)NC(=O)OC2)C(=O)c1nnc(C(C)(C)c2ccc(F)cc2)o1. The molecule has 13 heteroatoms. The van der Waals surface area contributed by atoms with Crippen LogP contribution in [0.25, 0.3) is 11.4 Å². The van der Waals surface area contributed by atoms with Crippen LogP contribution in [-0.2, 0) is 28.1 Å². The van der Waals surface area contributed by atoms with E-state index in [1.54, 1.807) is 70.2 Å². The van der Waals surface area contributed by atoms with Crippen molar-refractivity contribution in [3.8, 4) is 11.4 Å². The van der Waals surface area contributed by atoms with Crippen LogP contribution in [0.1, 0.15) is 55.5 Å². The highest BCUT2D eigenvalue weighted by molar-refractivity contribution is 5.98. The Hall–Kier alpha value is -5.20. The van der Waals surface area contributed by atoms with Crippen LogP contribution in [0.2, 0.25) is 0 Å². The van der Waals surface area contributed by atoms with Crippen LogP contribution in [-0.4, -0.2) is 43.6 Å². The van der Waals surface area contributed by atoms with Gasteiger partial charge in [-0.2, -0.15) is 0 Å². The first-order valence-corrected chi connectivity index (χ1v) is 13.5. The molecule has 0 radical (unpaired) electrons. The number of halogens is 1. The van der Waals surface area contributed by atoms with E-state index in [4.69, 9.17) is 9.15 Å². The number of cyclic esters (lactones) is 1. The number of ketones is 1. The lowest BCUT2D eigenvalue weighted by molar-refractivity contribution is -0.122. The van der Waals surface area contributed by atoms with E-state index in [1.165, 1.54) is 12.1 Å². The predicted molar refractivity (Wildman–Crippen MR) is 152 cm³/mol. The molecule has 1 atom stereocenters. The Bertz CT molecular complexity index is 1750. The first-order chi connectivity index (χ1) is 20.5. The largest absolute Gasteiger partial charge is 0.443 e. The number of nitrogens with zero attached hydrogens (tertiary/aromatic N) is 4. The van der Waals surface area contributed by atoms with Crippen molar-refractivity contribution in [2.24, 2.45) is 5.92 Å². The highest BCUT2D eigenvalue weighted by atomic mass is 19.1. The molecule has 2 aromatic carbocycles. The second-order valence-corrected chi connectivity index (χ2v) is 10.9. The minimum atomic E-state index is -1.07. The van der Waals surface area contributed by atoms with Gasteiger partial charge >= 0.3 is 6.09 Å². The number of hydrogen-bond acceptors (Lipinski definition) is 9. The maximum atomic E-state index is 13.5. The molecular formula is C30H29FN6O6. The van der Waals surface area contributed by atoms with Crippen LogP contribution >= 0.6 is 0 Å². The second kappa shape index (κ2) is 11.6. The van der Waals surface area contributed by atoms with Gasteiger partial charge in [-0.3, -0.25) is 24.3 Å². The van der Waals surface area contributed by atoms with E-state index in [0.29, 0.717) is 11.1 Å². The van der Waals surface area contributed by atoms with Crippen LogP contribution in [0.3, 0.4) is 0 Å². The molecule has 2 N–H and O–H groups in total. The Morgan fingerprint density at radius 3 is 2.44 bits per heavy atom. The van der Waals surface area contributed by atoms with Crippen molar-refractivity contribution in [1.29, 1.82) is 0 Å². The van der Waals surface area contributed by atoms with E-state index in [0.717, 1.165) is 4.57 Å². The Balaban J connectivity index is 1.40. The zero-order valence-corrected chi connectivity index (χ0v) is 23.9. The van der Waals surface area contributed by atoms with Gasteiger partial charge in [-0.1, -0.05) is 56.3 Å². The van der Waals surface area contributed by atoms with Gasteiger partial charge in [-0.05, 0) is 37.5 Å². The molecule has 0 spiro atoms. The first kappa shape index (κ1) is 29.3. The van der Waals surface area contributed by atoms with Gasteiger partial charge in [0, 0.05) is 5.56 Å². The molecule has 0 fully saturated rings. The normalized spacial score (nSPS) is 13.6. The molecule has 0 bridgehead atoms. The lowest BCUT2D eigenvalue weighted by Gasteiger charge is -2.22. The van der Waals surface area contributed by atoms with Crippen LogP contribution < -0.4 is 16.2 Å². The molecule has 3 heterocycles. The summed E-state index contributed by atoms with van der Waals surface area (Å²) in [6, 6.07) is 13.5. The number of carbonyl (C=O) groups is 3. The minimum absolute atomic E-state index is 0.0811. The van der Waals surface area contributed by atoms with Crippen molar-refractivity contribution in [3.63, 3.8) is 0 Å². The summed E-state index contributed by atoms with van der Waals surface area (Å²) in [5, 5.41) is 13.0. The van der Waals surface area contributed by atoms with Gasteiger partial charge in [0.05, 0.1) is 11.5 Å². The molecule has 1 aliphatic rings. The van der Waals surface area contributed by atoms with Crippen molar-refractivity contribution in [3.05, 3.63) is 93.8 Å². The zero-order chi connectivity index (χ0) is 30.9. The number of carbonyl (C=O) groups excluding carboxylic acids is 3. The molecule has 0 saturated carbocycles. The van der Waals surface area contributed by atoms with Crippen molar-refractivity contribution in [2.45, 2.75) is 52.3 Å². The Labute approximate surface area is 245 Å². The van der Waals surface area contributed by atoms with Crippen LogP contribution in [0.5, 0.6) is 0 Å². The van der Waals surface area contributed by atoms with Crippen LogP contribution in [0, 0.1) is 11.7 Å². The highest BCUT2D eigenvalue weighted by Gasteiger charge is 2.34. The fraction of sp³-hybridized carbons (Fsp3) is 0.300. The summed E-state index contributed by atoms with van der Waals surface area (Å²) < 4.78 is 25.3. The van der Waals surface area contributed by atoms with Gasteiger partial charge in [0.15, 0.2) is 0 Å². The third-order valence-electron chi connectivity index (χ3n) is 7.15. The Morgan fingerprint density at radius 1 is 1.07 bits per heavy atom. The van der Waals surface area contributed by atoms with Gasteiger partial charge in [-0.25, -0.2) is 14.2 Å². The molecule has 12 nitrogen and oxygen atoms in total. The molecule has 43 heavy (non-hydrogen) atoms. The highest BCUT2D eigenvalue weighted by Crippen LogP contribution is 2.31. The maximum absolute atomic E-state index is 13.5. The molecule has 2 aromatic heterocycles. The molecule has 1 unspecified atom stereocenters. The lowest BCUT2D eigenvalue weighted by Crippen LogP contribution is -2.47. The van der Waals surface area contributed by atoms with Crippen molar-refractivity contribution < 1.29 is 27.9 Å². The zero-order valence-electron chi connectivity index (χ0n) is 23.9. The molecule has 0 saturated heterocycles. The molecule has 4 aromatic rings. The monoisotopic (exact) mass is 588 g/mol. The van der Waals surface area contributed by atoms with Crippen LogP contribution in [0.15, 0.2) is 63.8 Å². The summed E-state index contributed by atoms with van der Waals surface area (Å²) in [5.41, 5.74) is -0.0664. The number of benzene rings is 2. The maximum Gasteiger partial charge on any atom is 0.412 e. The van der Waals surface area contributed by atoms with Gasteiger partial charge in [-0.15, -0.1) is 10.2 Å². The fourth-order valence-corrected chi connectivity index (χ4v) is 4.65. The van der Waals surface area contributed by atoms with Gasteiger partial charge in [0.2, 0.25) is 17.6 Å². The quantitative estimate of drug-likeness (QED) is 0.277. The Kier molecular flexibility index (Phi) is 7.89. The second-order valence-electron chi connectivity index (χ2n) is 10.9. The average Bonchev–Trinajstić information content (AvgIpc) is 3.49. The fourth-order valence-electron chi connectivity index (χ4n) is 4.65. The number of aromatic nitrogens is 4. The number of Topliss-reactive ketones (excluding diaryl/α,β-unsaturated/α-hetero) is 1. The summed E-state index contributed by atoms with van der Waals surface area (Å²) in [6.07, 6.45) is -0.804. The molecular weight excluding hydrogens is 559 g/mol. The lowest BCUT2D eigenvalue weighted by atomic mass is 9.84. The van der Waals surface area contributed by atoms with E-state index in [-0.39, 0.29) is 47.3 Å².